The van der Waals surface area contributed by atoms with Crippen LogP contribution in [0.25, 0.3) is 0 Å². The summed E-state index contributed by atoms with van der Waals surface area (Å²) >= 11 is 0. The molecular formula is C17H24O2. The van der Waals surface area contributed by atoms with E-state index in [0.717, 1.165) is 24.7 Å². The molecule has 2 nitrogen and oxygen atoms in total. The lowest BCUT2D eigenvalue weighted by atomic mass is 9.79. The highest BCUT2D eigenvalue weighted by Crippen LogP contribution is 2.33. The Hall–Kier alpha value is -1.31. The molecule has 1 aliphatic rings. The van der Waals surface area contributed by atoms with E-state index in [0.29, 0.717) is 5.56 Å². The smallest absolute Gasteiger partial charge is 0.338 e. The van der Waals surface area contributed by atoms with E-state index in [1.54, 1.807) is 0 Å². The SMILES string of the molecule is CC[C@@H](C)C1CCC(OC(=O)c2ccccc2)CC1. The van der Waals surface area contributed by atoms with E-state index in [2.05, 4.69) is 13.8 Å². The molecule has 1 aromatic rings. The van der Waals surface area contributed by atoms with Crippen molar-refractivity contribution in [2.45, 2.75) is 52.1 Å². The van der Waals surface area contributed by atoms with Crippen molar-refractivity contribution in [2.75, 3.05) is 0 Å². The number of hydrogen-bond acceptors (Lipinski definition) is 2. The Morgan fingerprint density at radius 1 is 1.21 bits per heavy atom. The zero-order chi connectivity index (χ0) is 13.7. The third-order valence-corrected chi connectivity index (χ3v) is 4.45. The average molecular weight is 260 g/mol. The van der Waals surface area contributed by atoms with Gasteiger partial charge in [0.1, 0.15) is 6.10 Å². The normalized spacial score (nSPS) is 24.7. The Morgan fingerprint density at radius 3 is 2.42 bits per heavy atom. The summed E-state index contributed by atoms with van der Waals surface area (Å²) in [5.74, 6) is 1.44. The summed E-state index contributed by atoms with van der Waals surface area (Å²) in [5, 5.41) is 0. The van der Waals surface area contributed by atoms with Gasteiger partial charge in [0.2, 0.25) is 0 Å². The monoisotopic (exact) mass is 260 g/mol. The minimum Gasteiger partial charge on any atom is -0.459 e. The summed E-state index contributed by atoms with van der Waals surface area (Å²) in [4.78, 5) is 12.0. The van der Waals surface area contributed by atoms with Crippen LogP contribution < -0.4 is 0 Å². The van der Waals surface area contributed by atoms with Gasteiger partial charge in [0, 0.05) is 0 Å². The third-order valence-electron chi connectivity index (χ3n) is 4.45. The molecule has 0 saturated heterocycles. The molecule has 104 valence electrons. The van der Waals surface area contributed by atoms with Crippen LogP contribution in [0.3, 0.4) is 0 Å². The van der Waals surface area contributed by atoms with Crippen LogP contribution in [0.5, 0.6) is 0 Å². The van der Waals surface area contributed by atoms with Gasteiger partial charge in [-0.3, -0.25) is 0 Å². The van der Waals surface area contributed by atoms with Gasteiger partial charge in [-0.05, 0) is 49.7 Å². The highest BCUT2D eigenvalue weighted by atomic mass is 16.5. The fourth-order valence-electron chi connectivity index (χ4n) is 2.90. The number of carbonyl (C=O) groups excluding carboxylic acids is 1. The Balaban J connectivity index is 1.81. The molecule has 0 aromatic heterocycles. The fraction of sp³-hybridized carbons (Fsp3) is 0.588. The van der Waals surface area contributed by atoms with Gasteiger partial charge in [0.05, 0.1) is 5.56 Å². The topological polar surface area (TPSA) is 26.3 Å². The molecular weight excluding hydrogens is 236 g/mol. The lowest BCUT2D eigenvalue weighted by Crippen LogP contribution is -2.27. The van der Waals surface area contributed by atoms with E-state index in [4.69, 9.17) is 4.74 Å². The van der Waals surface area contributed by atoms with Crippen LogP contribution in [0.4, 0.5) is 0 Å². The quantitative estimate of drug-likeness (QED) is 0.748. The van der Waals surface area contributed by atoms with Crippen molar-refractivity contribution >= 4 is 5.97 Å². The van der Waals surface area contributed by atoms with Gasteiger partial charge in [-0.2, -0.15) is 0 Å². The van der Waals surface area contributed by atoms with E-state index >= 15 is 0 Å². The summed E-state index contributed by atoms with van der Waals surface area (Å²) < 4.78 is 5.60. The van der Waals surface area contributed by atoms with Crippen molar-refractivity contribution in [2.24, 2.45) is 11.8 Å². The van der Waals surface area contributed by atoms with Gasteiger partial charge in [-0.15, -0.1) is 0 Å². The molecule has 0 unspecified atom stereocenters. The predicted molar refractivity (Wildman–Crippen MR) is 77.1 cm³/mol. The third kappa shape index (κ3) is 3.82. The first-order valence-corrected chi connectivity index (χ1v) is 7.46. The van der Waals surface area contributed by atoms with Crippen LogP contribution in [0.1, 0.15) is 56.3 Å². The Bertz CT molecular complexity index is 391. The highest BCUT2D eigenvalue weighted by molar-refractivity contribution is 5.89. The van der Waals surface area contributed by atoms with Crippen LogP contribution >= 0.6 is 0 Å². The standard InChI is InChI=1S/C17H24O2/c1-3-13(2)14-9-11-16(12-10-14)19-17(18)15-7-5-4-6-8-15/h4-8,13-14,16H,3,9-12H2,1-2H3/t13-,14?,16?/m1/s1. The van der Waals surface area contributed by atoms with E-state index in [1.165, 1.54) is 19.3 Å². The highest BCUT2D eigenvalue weighted by Gasteiger charge is 2.26. The summed E-state index contributed by atoms with van der Waals surface area (Å²) in [5.41, 5.74) is 0.659. The van der Waals surface area contributed by atoms with E-state index < -0.39 is 0 Å². The molecule has 0 spiro atoms. The van der Waals surface area contributed by atoms with E-state index in [1.807, 2.05) is 30.3 Å². The molecule has 0 amide bonds. The second-order valence-corrected chi connectivity index (χ2v) is 5.69. The summed E-state index contributed by atoms with van der Waals surface area (Å²) in [6.45, 7) is 4.59. The van der Waals surface area contributed by atoms with Crippen LogP contribution in [0.15, 0.2) is 30.3 Å². The van der Waals surface area contributed by atoms with Gasteiger partial charge in [-0.1, -0.05) is 38.5 Å². The Labute approximate surface area is 116 Å². The van der Waals surface area contributed by atoms with Crippen LogP contribution in [-0.2, 0) is 4.74 Å². The van der Waals surface area contributed by atoms with Crippen molar-refractivity contribution in [3.8, 4) is 0 Å². The van der Waals surface area contributed by atoms with Crippen LogP contribution in [0, 0.1) is 11.8 Å². The zero-order valence-electron chi connectivity index (χ0n) is 12.0. The van der Waals surface area contributed by atoms with E-state index in [-0.39, 0.29) is 12.1 Å². The maximum absolute atomic E-state index is 12.0. The summed E-state index contributed by atoms with van der Waals surface area (Å²) in [6, 6.07) is 9.28. The number of ether oxygens (including phenoxy) is 1. The van der Waals surface area contributed by atoms with Crippen molar-refractivity contribution in [1.82, 2.24) is 0 Å². The van der Waals surface area contributed by atoms with Gasteiger partial charge in [-0.25, -0.2) is 4.79 Å². The summed E-state index contributed by atoms with van der Waals surface area (Å²) in [6.07, 6.45) is 5.80. The molecule has 1 atom stereocenters. The molecule has 0 heterocycles. The zero-order valence-corrected chi connectivity index (χ0v) is 12.0. The number of hydrogen-bond donors (Lipinski definition) is 0. The first kappa shape index (κ1) is 14.1. The number of carbonyl (C=O) groups is 1. The average Bonchev–Trinajstić information content (AvgIpc) is 2.48. The first-order valence-electron chi connectivity index (χ1n) is 7.46. The van der Waals surface area contributed by atoms with Crippen molar-refractivity contribution in [3.63, 3.8) is 0 Å². The minimum absolute atomic E-state index is 0.119. The van der Waals surface area contributed by atoms with Gasteiger partial charge < -0.3 is 4.74 Å². The van der Waals surface area contributed by atoms with Crippen LogP contribution in [0.2, 0.25) is 0 Å². The minimum atomic E-state index is -0.174. The molecule has 0 aliphatic heterocycles. The van der Waals surface area contributed by atoms with Crippen molar-refractivity contribution in [1.29, 1.82) is 0 Å². The second-order valence-electron chi connectivity index (χ2n) is 5.69. The molecule has 1 aliphatic carbocycles. The van der Waals surface area contributed by atoms with Gasteiger partial charge in [0.25, 0.3) is 0 Å². The molecule has 1 saturated carbocycles. The summed E-state index contributed by atoms with van der Waals surface area (Å²) in [7, 11) is 0. The maximum Gasteiger partial charge on any atom is 0.338 e. The largest absolute Gasteiger partial charge is 0.459 e. The van der Waals surface area contributed by atoms with E-state index in [9.17, 15) is 4.79 Å². The van der Waals surface area contributed by atoms with Gasteiger partial charge >= 0.3 is 5.97 Å². The Kier molecular flexibility index (Phi) is 5.00. The Morgan fingerprint density at radius 2 is 1.84 bits per heavy atom. The number of rotatable bonds is 4. The maximum atomic E-state index is 12.0. The van der Waals surface area contributed by atoms with Crippen LogP contribution in [-0.4, -0.2) is 12.1 Å². The molecule has 0 N–H and O–H groups in total. The van der Waals surface area contributed by atoms with Gasteiger partial charge in [0.15, 0.2) is 0 Å². The number of benzene rings is 1. The molecule has 2 heteroatoms. The number of esters is 1. The fourth-order valence-corrected chi connectivity index (χ4v) is 2.90. The molecule has 19 heavy (non-hydrogen) atoms. The predicted octanol–water partition coefficient (Wildman–Crippen LogP) is 4.45. The lowest BCUT2D eigenvalue weighted by molar-refractivity contribution is 0.0136. The van der Waals surface area contributed by atoms with Crippen molar-refractivity contribution in [3.05, 3.63) is 35.9 Å². The molecule has 0 radical (unpaired) electrons. The van der Waals surface area contributed by atoms with Crippen molar-refractivity contribution < 1.29 is 9.53 Å². The molecule has 2 rings (SSSR count). The molecule has 1 fully saturated rings. The molecule has 1 aromatic carbocycles. The first-order chi connectivity index (χ1) is 9.20. The molecule has 0 bridgehead atoms. The second kappa shape index (κ2) is 6.74. The lowest BCUT2D eigenvalue weighted by Gasteiger charge is -2.31.